The summed E-state index contributed by atoms with van der Waals surface area (Å²) in [4.78, 5) is 21.2. The molecule has 0 aliphatic heterocycles. The zero-order valence-electron chi connectivity index (χ0n) is 17.8. The molecule has 0 N–H and O–H groups in total. The smallest absolute Gasteiger partial charge is 0.129 e. The van der Waals surface area contributed by atoms with E-state index in [1.54, 1.807) is 13.8 Å². The van der Waals surface area contributed by atoms with Crippen LogP contribution >= 0.6 is 0 Å². The average molecular weight is 355 g/mol. The monoisotopic (exact) mass is 354 g/mol. The van der Waals surface area contributed by atoms with Crippen LogP contribution < -0.4 is 0 Å². The standard InChI is InChI=1S/C12H24O.C11H22O/c1-3-4-5-6-7-8-9-10-11-12(2)13;1-3-4-5-6-7-8-9-10-11(2)12/h3-11H2,1-2H3;3-10H2,1-2H3. The molecule has 0 heterocycles. The molecule has 0 fully saturated rings. The molecule has 0 aromatic rings. The zero-order valence-corrected chi connectivity index (χ0v) is 17.8. The Hall–Kier alpha value is -0.660. The Balaban J connectivity index is 0. The van der Waals surface area contributed by atoms with Crippen molar-refractivity contribution in [3.05, 3.63) is 0 Å². The highest BCUT2D eigenvalue weighted by molar-refractivity contribution is 5.75. The first-order valence-electron chi connectivity index (χ1n) is 11.0. The molecule has 0 radical (unpaired) electrons. The first-order valence-corrected chi connectivity index (χ1v) is 11.0. The van der Waals surface area contributed by atoms with Crippen LogP contribution in [0, 0.1) is 0 Å². The van der Waals surface area contributed by atoms with Crippen LogP contribution in [0.3, 0.4) is 0 Å². The van der Waals surface area contributed by atoms with Gasteiger partial charge in [-0.3, -0.25) is 0 Å². The van der Waals surface area contributed by atoms with Crippen LogP contribution in [0.15, 0.2) is 0 Å². The van der Waals surface area contributed by atoms with E-state index >= 15 is 0 Å². The number of rotatable bonds is 17. The maximum atomic E-state index is 10.6. The first kappa shape index (κ1) is 26.6. The van der Waals surface area contributed by atoms with Gasteiger partial charge in [-0.15, -0.1) is 0 Å². The van der Waals surface area contributed by atoms with Gasteiger partial charge < -0.3 is 9.59 Å². The number of carbonyl (C=O) groups is 2. The van der Waals surface area contributed by atoms with E-state index in [9.17, 15) is 9.59 Å². The van der Waals surface area contributed by atoms with Gasteiger partial charge in [0.05, 0.1) is 0 Å². The van der Waals surface area contributed by atoms with Crippen molar-refractivity contribution < 1.29 is 9.59 Å². The summed E-state index contributed by atoms with van der Waals surface area (Å²) in [5.41, 5.74) is 0. The first-order chi connectivity index (χ1) is 12.0. The van der Waals surface area contributed by atoms with Crippen LogP contribution in [0.5, 0.6) is 0 Å². The average Bonchev–Trinajstić information content (AvgIpc) is 2.56. The van der Waals surface area contributed by atoms with Crippen molar-refractivity contribution >= 4 is 11.6 Å². The fourth-order valence-corrected chi connectivity index (χ4v) is 2.84. The molecular formula is C23H46O2. The number of Topliss-reactive ketones (excluding diaryl/α,β-unsaturated/α-hetero) is 2. The van der Waals surface area contributed by atoms with Gasteiger partial charge in [-0.1, -0.05) is 97.3 Å². The molecule has 0 unspecified atom stereocenters. The summed E-state index contributed by atoms with van der Waals surface area (Å²) >= 11 is 0. The van der Waals surface area contributed by atoms with Crippen molar-refractivity contribution in [3.8, 4) is 0 Å². The topological polar surface area (TPSA) is 34.1 Å². The number of carbonyl (C=O) groups excluding carboxylic acids is 2. The molecule has 0 aliphatic rings. The van der Waals surface area contributed by atoms with Gasteiger partial charge >= 0.3 is 0 Å². The Morgan fingerprint density at radius 2 is 0.680 bits per heavy atom. The molecule has 0 bridgehead atoms. The van der Waals surface area contributed by atoms with Crippen LogP contribution in [-0.4, -0.2) is 11.6 Å². The molecule has 0 aliphatic carbocycles. The second kappa shape index (κ2) is 23.3. The molecule has 150 valence electrons. The van der Waals surface area contributed by atoms with Crippen LogP contribution in [0.1, 0.15) is 137 Å². The Morgan fingerprint density at radius 3 is 0.920 bits per heavy atom. The molecule has 2 nitrogen and oxygen atoms in total. The lowest BCUT2D eigenvalue weighted by molar-refractivity contribution is -0.117. The zero-order chi connectivity index (χ0) is 19.2. The lowest BCUT2D eigenvalue weighted by atomic mass is 10.1. The number of hydrogen-bond acceptors (Lipinski definition) is 2. The lowest BCUT2D eigenvalue weighted by Crippen LogP contribution is -1.89. The van der Waals surface area contributed by atoms with Crippen molar-refractivity contribution in [2.45, 2.75) is 137 Å². The molecular weight excluding hydrogens is 308 g/mol. The maximum Gasteiger partial charge on any atom is 0.129 e. The van der Waals surface area contributed by atoms with E-state index in [0.29, 0.717) is 11.6 Å². The van der Waals surface area contributed by atoms with E-state index in [2.05, 4.69) is 13.8 Å². The van der Waals surface area contributed by atoms with Crippen molar-refractivity contribution in [3.63, 3.8) is 0 Å². The minimum atomic E-state index is 0.337. The number of ketones is 2. The molecule has 0 spiro atoms. The minimum absolute atomic E-state index is 0.337. The van der Waals surface area contributed by atoms with Gasteiger partial charge in [0.15, 0.2) is 0 Å². The highest BCUT2D eigenvalue weighted by atomic mass is 16.1. The van der Waals surface area contributed by atoms with Gasteiger partial charge in [0, 0.05) is 12.8 Å². The van der Waals surface area contributed by atoms with Crippen LogP contribution in [0.4, 0.5) is 0 Å². The summed E-state index contributed by atoms with van der Waals surface area (Å²) in [6.07, 6.45) is 21.1. The van der Waals surface area contributed by atoms with E-state index in [1.807, 2.05) is 0 Å². The van der Waals surface area contributed by atoms with Crippen molar-refractivity contribution in [1.82, 2.24) is 0 Å². The lowest BCUT2D eigenvalue weighted by Gasteiger charge is -1.99. The van der Waals surface area contributed by atoms with Crippen molar-refractivity contribution in [2.75, 3.05) is 0 Å². The van der Waals surface area contributed by atoms with E-state index in [0.717, 1.165) is 25.7 Å². The quantitative estimate of drug-likeness (QED) is 0.249. The second-order valence-electron chi connectivity index (χ2n) is 7.50. The summed E-state index contributed by atoms with van der Waals surface area (Å²) in [5.74, 6) is 0.676. The predicted octanol–water partition coefficient (Wildman–Crippen LogP) is 7.82. The summed E-state index contributed by atoms with van der Waals surface area (Å²) in [6.45, 7) is 7.83. The highest BCUT2D eigenvalue weighted by Gasteiger charge is 1.94. The van der Waals surface area contributed by atoms with Gasteiger partial charge in [0.2, 0.25) is 0 Å². The van der Waals surface area contributed by atoms with Gasteiger partial charge in [-0.05, 0) is 26.7 Å². The van der Waals surface area contributed by atoms with E-state index in [-0.39, 0.29) is 0 Å². The van der Waals surface area contributed by atoms with E-state index in [1.165, 1.54) is 83.5 Å². The summed E-state index contributed by atoms with van der Waals surface area (Å²) in [6, 6.07) is 0. The van der Waals surface area contributed by atoms with Gasteiger partial charge in [0.25, 0.3) is 0 Å². The summed E-state index contributed by atoms with van der Waals surface area (Å²) < 4.78 is 0. The number of hydrogen-bond donors (Lipinski definition) is 0. The molecule has 0 aromatic heterocycles. The highest BCUT2D eigenvalue weighted by Crippen LogP contribution is 2.09. The predicted molar refractivity (Wildman–Crippen MR) is 111 cm³/mol. The Bertz CT molecular complexity index is 284. The van der Waals surface area contributed by atoms with Crippen LogP contribution in [0.25, 0.3) is 0 Å². The molecule has 0 saturated heterocycles. The molecule has 0 atom stereocenters. The molecule has 0 amide bonds. The van der Waals surface area contributed by atoms with Gasteiger partial charge in [0.1, 0.15) is 11.6 Å². The Labute approximate surface area is 158 Å². The normalized spacial score (nSPS) is 10.2. The molecule has 0 rings (SSSR count). The summed E-state index contributed by atoms with van der Waals surface area (Å²) in [7, 11) is 0. The minimum Gasteiger partial charge on any atom is -0.300 e. The van der Waals surface area contributed by atoms with Crippen molar-refractivity contribution in [1.29, 1.82) is 0 Å². The fraction of sp³-hybridized carbons (Fsp3) is 0.913. The van der Waals surface area contributed by atoms with Crippen LogP contribution in [0.2, 0.25) is 0 Å². The van der Waals surface area contributed by atoms with E-state index in [4.69, 9.17) is 0 Å². The van der Waals surface area contributed by atoms with Crippen molar-refractivity contribution in [2.24, 2.45) is 0 Å². The maximum absolute atomic E-state index is 10.6. The molecule has 25 heavy (non-hydrogen) atoms. The molecule has 2 heteroatoms. The third-order valence-corrected chi connectivity index (χ3v) is 4.51. The second-order valence-corrected chi connectivity index (χ2v) is 7.50. The van der Waals surface area contributed by atoms with Gasteiger partial charge in [-0.25, -0.2) is 0 Å². The van der Waals surface area contributed by atoms with Gasteiger partial charge in [-0.2, -0.15) is 0 Å². The van der Waals surface area contributed by atoms with E-state index < -0.39 is 0 Å². The Kier molecular flexibility index (Phi) is 24.8. The summed E-state index contributed by atoms with van der Waals surface area (Å²) in [5, 5.41) is 0. The largest absolute Gasteiger partial charge is 0.300 e. The fourth-order valence-electron chi connectivity index (χ4n) is 2.84. The van der Waals surface area contributed by atoms with Crippen LogP contribution in [-0.2, 0) is 9.59 Å². The number of unbranched alkanes of at least 4 members (excludes halogenated alkanes) is 13. The Morgan fingerprint density at radius 1 is 0.440 bits per heavy atom. The molecule has 0 saturated carbocycles. The third-order valence-electron chi connectivity index (χ3n) is 4.51. The SMILES string of the molecule is CCCCCCCCCC(C)=O.CCCCCCCCCCC(C)=O. The molecule has 0 aromatic carbocycles. The third kappa shape index (κ3) is 31.6.